The van der Waals surface area contributed by atoms with E-state index in [1.807, 2.05) is 66.7 Å². The second kappa shape index (κ2) is 11.2. The molecule has 0 N–H and O–H groups in total. The Bertz CT molecular complexity index is 2500. The molecule has 0 spiro atoms. The van der Waals surface area contributed by atoms with E-state index in [9.17, 15) is 0 Å². The van der Waals surface area contributed by atoms with Crippen molar-refractivity contribution in [3.05, 3.63) is 164 Å². The highest BCUT2D eigenvalue weighted by atomic mass is 16.3. The van der Waals surface area contributed by atoms with Gasteiger partial charge in [0, 0.05) is 32.8 Å². The lowest BCUT2D eigenvalue weighted by Crippen LogP contribution is -2.00. The molecule has 4 nitrogen and oxygen atoms in total. The van der Waals surface area contributed by atoms with Gasteiger partial charge < -0.3 is 4.42 Å². The van der Waals surface area contributed by atoms with Crippen LogP contribution in [0.3, 0.4) is 0 Å². The van der Waals surface area contributed by atoms with E-state index in [1.54, 1.807) is 0 Å². The SMILES string of the molecule is c1ccc(-c2ccc3oc4c5ccccc5c(-c5cccc(-c6nc(-c7ccccc7)nc(-c7ccccc7)n6)c5)cc4c3c2)cc1. The van der Waals surface area contributed by atoms with Crippen molar-refractivity contribution >= 4 is 32.7 Å². The average Bonchev–Trinajstić information content (AvgIpc) is 3.53. The molecule has 0 saturated carbocycles. The number of nitrogens with zero attached hydrogens (tertiary/aromatic N) is 3. The van der Waals surface area contributed by atoms with Gasteiger partial charge in [-0.1, -0.05) is 140 Å². The number of furan rings is 1. The lowest BCUT2D eigenvalue weighted by Gasteiger charge is -2.11. The van der Waals surface area contributed by atoms with Crippen molar-refractivity contribution in [1.82, 2.24) is 15.0 Å². The molecule has 0 saturated heterocycles. The number of aromatic nitrogens is 3. The molecule has 0 radical (unpaired) electrons. The topological polar surface area (TPSA) is 51.8 Å². The summed E-state index contributed by atoms with van der Waals surface area (Å²) in [6.45, 7) is 0. The molecule has 0 aliphatic carbocycles. The molecule has 0 aliphatic rings. The summed E-state index contributed by atoms with van der Waals surface area (Å²) in [5.74, 6) is 1.92. The molecule has 4 heteroatoms. The van der Waals surface area contributed by atoms with Gasteiger partial charge >= 0.3 is 0 Å². The van der Waals surface area contributed by atoms with Gasteiger partial charge in [-0.15, -0.1) is 0 Å². The normalized spacial score (nSPS) is 11.4. The number of rotatable bonds is 5. The fraction of sp³-hybridized carbons (Fsp3) is 0. The van der Waals surface area contributed by atoms with Crippen LogP contribution in [0.25, 0.3) is 89.1 Å². The monoisotopic (exact) mass is 601 g/mol. The molecular weight excluding hydrogens is 574 g/mol. The minimum Gasteiger partial charge on any atom is -0.455 e. The molecule has 47 heavy (non-hydrogen) atoms. The maximum Gasteiger partial charge on any atom is 0.164 e. The van der Waals surface area contributed by atoms with Crippen molar-refractivity contribution in [1.29, 1.82) is 0 Å². The highest BCUT2D eigenvalue weighted by Gasteiger charge is 2.17. The van der Waals surface area contributed by atoms with Crippen LogP contribution in [0.4, 0.5) is 0 Å². The van der Waals surface area contributed by atoms with Crippen LogP contribution in [0.1, 0.15) is 0 Å². The largest absolute Gasteiger partial charge is 0.455 e. The molecular formula is C43H27N3O. The van der Waals surface area contributed by atoms with Crippen molar-refractivity contribution in [2.45, 2.75) is 0 Å². The summed E-state index contributed by atoms with van der Waals surface area (Å²) < 4.78 is 6.52. The summed E-state index contributed by atoms with van der Waals surface area (Å²) in [5.41, 5.74) is 9.15. The Balaban J connectivity index is 1.24. The zero-order valence-corrected chi connectivity index (χ0v) is 25.3. The summed E-state index contributed by atoms with van der Waals surface area (Å²) in [5, 5.41) is 4.41. The summed E-state index contributed by atoms with van der Waals surface area (Å²) in [7, 11) is 0. The Kier molecular flexibility index (Phi) is 6.43. The third-order valence-corrected chi connectivity index (χ3v) is 8.72. The first-order valence-electron chi connectivity index (χ1n) is 15.7. The van der Waals surface area contributed by atoms with Crippen LogP contribution in [0.15, 0.2) is 168 Å². The maximum absolute atomic E-state index is 6.52. The summed E-state index contributed by atoms with van der Waals surface area (Å²) in [4.78, 5) is 14.8. The van der Waals surface area contributed by atoms with Crippen LogP contribution >= 0.6 is 0 Å². The molecule has 2 heterocycles. The summed E-state index contributed by atoms with van der Waals surface area (Å²) in [6.07, 6.45) is 0. The van der Waals surface area contributed by atoms with E-state index >= 15 is 0 Å². The second-order valence-corrected chi connectivity index (χ2v) is 11.6. The van der Waals surface area contributed by atoms with Gasteiger partial charge in [-0.3, -0.25) is 0 Å². The maximum atomic E-state index is 6.52. The zero-order chi connectivity index (χ0) is 31.2. The smallest absolute Gasteiger partial charge is 0.164 e. The highest BCUT2D eigenvalue weighted by molar-refractivity contribution is 6.19. The number of benzene rings is 7. The minimum atomic E-state index is 0.631. The summed E-state index contributed by atoms with van der Waals surface area (Å²) >= 11 is 0. The van der Waals surface area contributed by atoms with Crippen molar-refractivity contribution < 1.29 is 4.42 Å². The molecule has 0 fully saturated rings. The molecule has 9 aromatic rings. The van der Waals surface area contributed by atoms with Crippen LogP contribution in [0.2, 0.25) is 0 Å². The molecule has 7 aromatic carbocycles. The fourth-order valence-corrected chi connectivity index (χ4v) is 6.41. The van der Waals surface area contributed by atoms with Crippen molar-refractivity contribution in [3.8, 4) is 56.4 Å². The molecule has 0 bridgehead atoms. The van der Waals surface area contributed by atoms with Gasteiger partial charge in [0.25, 0.3) is 0 Å². The number of fused-ring (bicyclic) bond motifs is 5. The molecule has 0 aliphatic heterocycles. The van der Waals surface area contributed by atoms with Gasteiger partial charge in [0.1, 0.15) is 11.2 Å². The fourth-order valence-electron chi connectivity index (χ4n) is 6.41. The van der Waals surface area contributed by atoms with E-state index in [0.29, 0.717) is 17.5 Å². The lowest BCUT2D eigenvalue weighted by atomic mass is 9.94. The Morgan fingerprint density at radius 1 is 0.319 bits per heavy atom. The van der Waals surface area contributed by atoms with Gasteiger partial charge in [-0.05, 0) is 51.9 Å². The van der Waals surface area contributed by atoms with E-state index in [-0.39, 0.29) is 0 Å². The van der Waals surface area contributed by atoms with E-state index < -0.39 is 0 Å². The standard InChI is InChI=1S/C43H27N3O/c1-4-13-28(14-5-1)31-23-24-39-37(26-31)38-27-36(34-21-10-11-22-35(34)40(38)47-39)32-19-12-20-33(25-32)43-45-41(29-15-6-2-7-16-29)44-42(46-43)30-17-8-3-9-18-30/h1-27H. The zero-order valence-electron chi connectivity index (χ0n) is 25.3. The van der Waals surface area contributed by atoms with E-state index in [2.05, 4.69) is 97.1 Å². The molecule has 0 amide bonds. The quantitative estimate of drug-likeness (QED) is 0.197. The predicted molar refractivity (Wildman–Crippen MR) is 192 cm³/mol. The highest BCUT2D eigenvalue weighted by Crippen LogP contribution is 2.41. The van der Waals surface area contributed by atoms with E-state index in [4.69, 9.17) is 19.4 Å². The Labute approximate surface area is 271 Å². The third kappa shape index (κ3) is 4.84. The Hall–Kier alpha value is -6.39. The van der Waals surface area contributed by atoms with Crippen LogP contribution in [0, 0.1) is 0 Å². The molecule has 9 rings (SSSR count). The second-order valence-electron chi connectivity index (χ2n) is 11.6. The van der Waals surface area contributed by atoms with E-state index in [0.717, 1.165) is 66.1 Å². The molecule has 0 atom stereocenters. The molecule has 2 aromatic heterocycles. The lowest BCUT2D eigenvalue weighted by molar-refractivity contribution is 0.673. The Morgan fingerprint density at radius 3 is 1.51 bits per heavy atom. The van der Waals surface area contributed by atoms with Crippen molar-refractivity contribution in [2.75, 3.05) is 0 Å². The van der Waals surface area contributed by atoms with Gasteiger partial charge in [-0.2, -0.15) is 0 Å². The number of hydrogen-bond acceptors (Lipinski definition) is 4. The van der Waals surface area contributed by atoms with Crippen LogP contribution in [0.5, 0.6) is 0 Å². The predicted octanol–water partition coefficient (Wildman–Crippen LogP) is 11.3. The van der Waals surface area contributed by atoms with Gasteiger partial charge in [0.05, 0.1) is 0 Å². The van der Waals surface area contributed by atoms with Gasteiger partial charge in [0.2, 0.25) is 0 Å². The van der Waals surface area contributed by atoms with Crippen molar-refractivity contribution in [2.24, 2.45) is 0 Å². The number of hydrogen-bond donors (Lipinski definition) is 0. The van der Waals surface area contributed by atoms with Crippen LogP contribution in [-0.4, -0.2) is 15.0 Å². The van der Waals surface area contributed by atoms with Gasteiger partial charge in [0.15, 0.2) is 17.5 Å². The van der Waals surface area contributed by atoms with Crippen LogP contribution in [-0.2, 0) is 0 Å². The minimum absolute atomic E-state index is 0.631. The summed E-state index contributed by atoms with van der Waals surface area (Å²) in [6, 6.07) is 56.3. The van der Waals surface area contributed by atoms with Gasteiger partial charge in [-0.25, -0.2) is 15.0 Å². The van der Waals surface area contributed by atoms with Crippen molar-refractivity contribution in [3.63, 3.8) is 0 Å². The molecule has 220 valence electrons. The average molecular weight is 602 g/mol. The molecule has 0 unspecified atom stereocenters. The first-order valence-corrected chi connectivity index (χ1v) is 15.7. The first kappa shape index (κ1) is 27.0. The van der Waals surface area contributed by atoms with Crippen LogP contribution < -0.4 is 0 Å². The Morgan fingerprint density at radius 2 is 0.851 bits per heavy atom. The van der Waals surface area contributed by atoms with E-state index in [1.165, 1.54) is 5.56 Å². The first-order chi connectivity index (χ1) is 23.3. The third-order valence-electron chi connectivity index (χ3n) is 8.72.